The second kappa shape index (κ2) is 6.59. The number of imide groups is 2. The first-order valence-electron chi connectivity index (χ1n) is 7.40. The number of methoxy groups -OCH3 is 1. The molecule has 7 nitrogen and oxygen atoms in total. The van der Waals surface area contributed by atoms with Crippen molar-refractivity contribution in [3.8, 4) is 5.75 Å². The number of benzene rings is 1. The van der Waals surface area contributed by atoms with Gasteiger partial charge in [0.15, 0.2) is 5.75 Å². The van der Waals surface area contributed by atoms with Gasteiger partial charge < -0.3 is 4.74 Å². The summed E-state index contributed by atoms with van der Waals surface area (Å²) >= 11 is 12.3. The molecule has 0 bridgehead atoms. The van der Waals surface area contributed by atoms with Gasteiger partial charge in [-0.3, -0.25) is 19.4 Å². The van der Waals surface area contributed by atoms with Crippen molar-refractivity contribution >= 4 is 58.0 Å². The third-order valence-electron chi connectivity index (χ3n) is 4.00. The van der Waals surface area contributed by atoms with Gasteiger partial charge in [-0.2, -0.15) is 0 Å². The summed E-state index contributed by atoms with van der Waals surface area (Å²) in [6.07, 6.45) is 1.32. The minimum atomic E-state index is -0.698. The highest BCUT2D eigenvalue weighted by molar-refractivity contribution is 6.39. The number of rotatable bonds is 2. The van der Waals surface area contributed by atoms with Gasteiger partial charge in [-0.1, -0.05) is 23.2 Å². The lowest BCUT2D eigenvalue weighted by Gasteiger charge is -2.28. The van der Waals surface area contributed by atoms with Crippen LogP contribution >= 0.6 is 23.2 Å². The number of halogens is 2. The second-order valence-corrected chi connectivity index (χ2v) is 6.39. The van der Waals surface area contributed by atoms with Gasteiger partial charge in [0.2, 0.25) is 0 Å². The molecule has 4 amide bonds. The van der Waals surface area contributed by atoms with Crippen LogP contribution in [0, 0.1) is 0 Å². The number of likely N-dealkylation sites (N-methyl/N-ethyl adjacent to an activating group) is 2. The lowest BCUT2D eigenvalue weighted by Crippen LogP contribution is -2.52. The lowest BCUT2D eigenvalue weighted by molar-refractivity contribution is -0.134. The summed E-state index contributed by atoms with van der Waals surface area (Å²) < 4.78 is 5.28. The van der Waals surface area contributed by atoms with Gasteiger partial charge in [-0.15, -0.1) is 0 Å². The van der Waals surface area contributed by atoms with E-state index in [4.69, 9.17) is 27.9 Å². The number of nitrogens with zero attached hydrogens (tertiary/aromatic N) is 3. The molecular weight excluding hydrogens is 381 g/mol. The molecule has 0 spiro atoms. The number of ether oxygens (including phenoxy) is 1. The van der Waals surface area contributed by atoms with Crippen LogP contribution in [0.25, 0.3) is 17.0 Å². The van der Waals surface area contributed by atoms with E-state index in [2.05, 4.69) is 4.98 Å². The molecule has 3 rings (SSSR count). The zero-order valence-corrected chi connectivity index (χ0v) is 15.6. The maximum absolute atomic E-state index is 12.3. The molecule has 26 heavy (non-hydrogen) atoms. The fourth-order valence-corrected chi connectivity index (χ4v) is 3.20. The quantitative estimate of drug-likeness (QED) is 0.578. The van der Waals surface area contributed by atoms with Crippen LogP contribution in [0.1, 0.15) is 5.69 Å². The molecule has 1 aromatic carbocycles. The van der Waals surface area contributed by atoms with E-state index in [1.54, 1.807) is 18.2 Å². The monoisotopic (exact) mass is 393 g/mol. The molecule has 0 aliphatic carbocycles. The van der Waals surface area contributed by atoms with Crippen molar-refractivity contribution < 1.29 is 19.1 Å². The Labute approximate surface area is 158 Å². The predicted molar refractivity (Wildman–Crippen MR) is 97.2 cm³/mol. The van der Waals surface area contributed by atoms with Crippen molar-refractivity contribution in [2.24, 2.45) is 0 Å². The summed E-state index contributed by atoms with van der Waals surface area (Å²) in [6, 6.07) is 4.15. The van der Waals surface area contributed by atoms with Gasteiger partial charge in [-0.05, 0) is 24.3 Å². The molecule has 1 aliphatic heterocycles. The summed E-state index contributed by atoms with van der Waals surface area (Å²) in [5.41, 5.74) is 0.545. The standard InChI is InChI=1S/C17H13Cl2N3O4/c1-21-15(23)10(16(24)22(2)17(21)25)6-8-4-5-9-11(18)7-12(19)14(26-3)13(9)20-8/h4-7H,1-3H3. The maximum atomic E-state index is 12.3. The second-order valence-electron chi connectivity index (χ2n) is 5.57. The molecule has 1 aromatic heterocycles. The summed E-state index contributed by atoms with van der Waals surface area (Å²) in [7, 11) is 4.06. The Kier molecular flexibility index (Phi) is 4.60. The fourth-order valence-electron chi connectivity index (χ4n) is 2.61. The van der Waals surface area contributed by atoms with Crippen molar-refractivity contribution in [2.75, 3.05) is 21.2 Å². The number of carbonyl (C=O) groups is 3. The van der Waals surface area contributed by atoms with E-state index in [-0.39, 0.29) is 10.6 Å². The number of amides is 4. The zero-order valence-electron chi connectivity index (χ0n) is 14.0. The number of barbiturate groups is 1. The molecule has 9 heteroatoms. The first-order chi connectivity index (χ1) is 12.3. The molecular formula is C17H13Cl2N3O4. The summed E-state index contributed by atoms with van der Waals surface area (Å²) in [4.78, 5) is 42.5. The Morgan fingerprint density at radius 1 is 1.04 bits per heavy atom. The van der Waals surface area contributed by atoms with Crippen LogP contribution in [0.3, 0.4) is 0 Å². The number of hydrogen-bond acceptors (Lipinski definition) is 5. The van der Waals surface area contributed by atoms with Crippen LogP contribution in [-0.4, -0.2) is 53.8 Å². The first-order valence-corrected chi connectivity index (χ1v) is 8.16. The first kappa shape index (κ1) is 18.2. The summed E-state index contributed by atoms with van der Waals surface area (Å²) in [6.45, 7) is 0. The molecule has 0 radical (unpaired) electrons. The normalized spacial score (nSPS) is 15.1. The number of urea groups is 1. The highest BCUT2D eigenvalue weighted by atomic mass is 35.5. The fraction of sp³-hybridized carbons (Fsp3) is 0.176. The Morgan fingerprint density at radius 2 is 1.65 bits per heavy atom. The van der Waals surface area contributed by atoms with E-state index >= 15 is 0 Å². The Balaban J connectivity index is 2.17. The van der Waals surface area contributed by atoms with Crippen LogP contribution < -0.4 is 4.74 Å². The average molecular weight is 394 g/mol. The van der Waals surface area contributed by atoms with Crippen LogP contribution in [-0.2, 0) is 9.59 Å². The number of fused-ring (bicyclic) bond motifs is 1. The molecule has 2 heterocycles. The van der Waals surface area contributed by atoms with Crippen molar-refractivity contribution in [2.45, 2.75) is 0 Å². The third-order valence-corrected chi connectivity index (χ3v) is 4.59. The molecule has 0 N–H and O–H groups in total. The number of carbonyl (C=O) groups excluding carboxylic acids is 3. The summed E-state index contributed by atoms with van der Waals surface area (Å²) in [5.74, 6) is -1.07. The Hall–Kier alpha value is -2.64. The molecule has 134 valence electrons. The van der Waals surface area contributed by atoms with Crippen LogP contribution in [0.2, 0.25) is 10.0 Å². The summed E-state index contributed by atoms with van der Waals surface area (Å²) in [5, 5.41) is 1.30. The van der Waals surface area contributed by atoms with Crippen LogP contribution in [0.15, 0.2) is 23.8 Å². The SMILES string of the molecule is COc1c(Cl)cc(Cl)c2ccc(C=C3C(=O)N(C)C(=O)N(C)C3=O)nc12. The van der Waals surface area contributed by atoms with E-state index in [1.165, 1.54) is 27.3 Å². The Bertz CT molecular complexity index is 977. The van der Waals surface area contributed by atoms with Gasteiger partial charge >= 0.3 is 6.03 Å². The zero-order chi connectivity index (χ0) is 19.2. The Morgan fingerprint density at radius 3 is 2.23 bits per heavy atom. The van der Waals surface area contributed by atoms with Gasteiger partial charge in [0.05, 0.1) is 22.8 Å². The van der Waals surface area contributed by atoms with Crippen LogP contribution in [0.4, 0.5) is 4.79 Å². The van der Waals surface area contributed by atoms with Gasteiger partial charge in [-0.25, -0.2) is 9.78 Å². The van der Waals surface area contributed by atoms with Gasteiger partial charge in [0, 0.05) is 19.5 Å². The van der Waals surface area contributed by atoms with E-state index in [1.807, 2.05) is 0 Å². The minimum absolute atomic E-state index is 0.173. The number of pyridine rings is 1. The molecule has 1 aliphatic rings. The van der Waals surface area contributed by atoms with E-state index in [9.17, 15) is 14.4 Å². The highest BCUT2D eigenvalue weighted by Gasteiger charge is 2.37. The van der Waals surface area contributed by atoms with Gasteiger partial charge in [0.25, 0.3) is 11.8 Å². The van der Waals surface area contributed by atoms with E-state index in [0.717, 1.165) is 9.80 Å². The minimum Gasteiger partial charge on any atom is -0.493 e. The highest BCUT2D eigenvalue weighted by Crippen LogP contribution is 2.37. The van der Waals surface area contributed by atoms with Crippen molar-refractivity contribution in [1.29, 1.82) is 0 Å². The topological polar surface area (TPSA) is 79.8 Å². The van der Waals surface area contributed by atoms with Crippen molar-refractivity contribution in [3.05, 3.63) is 39.5 Å². The molecule has 2 aromatic rings. The smallest absolute Gasteiger partial charge is 0.333 e. The maximum Gasteiger partial charge on any atom is 0.333 e. The number of hydrogen-bond donors (Lipinski definition) is 0. The third kappa shape index (κ3) is 2.79. The molecule has 0 atom stereocenters. The molecule has 0 unspecified atom stereocenters. The van der Waals surface area contributed by atoms with Crippen LogP contribution in [0.5, 0.6) is 5.75 Å². The molecule has 1 saturated heterocycles. The van der Waals surface area contributed by atoms with Crippen molar-refractivity contribution in [1.82, 2.24) is 14.8 Å². The van der Waals surface area contributed by atoms with E-state index in [0.29, 0.717) is 27.4 Å². The lowest BCUT2D eigenvalue weighted by atomic mass is 10.1. The largest absolute Gasteiger partial charge is 0.493 e. The average Bonchev–Trinajstić information content (AvgIpc) is 2.62. The van der Waals surface area contributed by atoms with E-state index < -0.39 is 17.8 Å². The molecule has 0 saturated carbocycles. The molecule has 1 fully saturated rings. The predicted octanol–water partition coefficient (Wildman–Crippen LogP) is 2.98. The number of aromatic nitrogens is 1. The van der Waals surface area contributed by atoms with Gasteiger partial charge in [0.1, 0.15) is 11.1 Å². The van der Waals surface area contributed by atoms with Crippen molar-refractivity contribution in [3.63, 3.8) is 0 Å².